The highest BCUT2D eigenvalue weighted by Crippen LogP contribution is 2.32. The first-order chi connectivity index (χ1) is 10.6. The molecule has 0 saturated carbocycles. The van der Waals surface area contributed by atoms with Crippen LogP contribution in [0, 0.1) is 0 Å². The quantitative estimate of drug-likeness (QED) is 0.685. The van der Waals surface area contributed by atoms with Crippen LogP contribution in [-0.4, -0.2) is 6.18 Å². The van der Waals surface area contributed by atoms with Gasteiger partial charge in [0.25, 0.3) is 0 Å². The smallest absolute Gasteiger partial charge is 0.324 e. The standard InChI is InChI=1S/C16H13F6N.ClH/c17-15(18,19)9-14(23)12-3-1-10(2-4-12)11-5-7-13(8-6-11)16(20,21)22;/h1-8,14H,9,23H2;1H/t14-;/m1./s1. The SMILES string of the molecule is Cl.N[C@H](CC(F)(F)F)c1ccc(-c2ccc(C(F)(F)F)cc2)cc1. The van der Waals surface area contributed by atoms with E-state index in [-0.39, 0.29) is 12.4 Å². The summed E-state index contributed by atoms with van der Waals surface area (Å²) in [5.41, 5.74) is 6.19. The number of benzene rings is 2. The van der Waals surface area contributed by atoms with Crippen LogP contribution in [0.2, 0.25) is 0 Å². The highest BCUT2D eigenvalue weighted by molar-refractivity contribution is 5.85. The van der Waals surface area contributed by atoms with E-state index in [9.17, 15) is 26.3 Å². The predicted molar refractivity (Wildman–Crippen MR) is 81.7 cm³/mol. The molecule has 132 valence electrons. The van der Waals surface area contributed by atoms with Crippen LogP contribution in [-0.2, 0) is 6.18 Å². The van der Waals surface area contributed by atoms with E-state index in [0.29, 0.717) is 16.7 Å². The van der Waals surface area contributed by atoms with Crippen molar-refractivity contribution in [3.05, 3.63) is 59.7 Å². The van der Waals surface area contributed by atoms with Crippen LogP contribution in [0.5, 0.6) is 0 Å². The van der Waals surface area contributed by atoms with Gasteiger partial charge in [0.2, 0.25) is 0 Å². The number of hydrogen-bond donors (Lipinski definition) is 1. The molecule has 0 aliphatic rings. The second-order valence-corrected chi connectivity index (χ2v) is 5.12. The molecule has 0 aliphatic carbocycles. The van der Waals surface area contributed by atoms with Gasteiger partial charge in [-0.1, -0.05) is 36.4 Å². The fraction of sp³-hybridized carbons (Fsp3) is 0.250. The van der Waals surface area contributed by atoms with Crippen LogP contribution >= 0.6 is 12.4 Å². The Labute approximate surface area is 140 Å². The van der Waals surface area contributed by atoms with Gasteiger partial charge in [-0.15, -0.1) is 12.4 Å². The predicted octanol–water partition coefficient (Wildman–Crippen LogP) is 5.75. The van der Waals surface area contributed by atoms with Crippen LogP contribution < -0.4 is 5.73 Å². The summed E-state index contributed by atoms with van der Waals surface area (Å²) in [4.78, 5) is 0. The summed E-state index contributed by atoms with van der Waals surface area (Å²) in [7, 11) is 0. The molecule has 0 aliphatic heterocycles. The van der Waals surface area contributed by atoms with Crippen molar-refractivity contribution in [3.63, 3.8) is 0 Å². The molecule has 2 aromatic rings. The van der Waals surface area contributed by atoms with Gasteiger partial charge in [0.05, 0.1) is 12.0 Å². The second kappa shape index (κ2) is 7.44. The lowest BCUT2D eigenvalue weighted by molar-refractivity contribution is -0.139. The zero-order chi connectivity index (χ0) is 17.3. The minimum atomic E-state index is -4.41. The van der Waals surface area contributed by atoms with Crippen molar-refractivity contribution in [3.8, 4) is 11.1 Å². The minimum absolute atomic E-state index is 0. The fourth-order valence-electron chi connectivity index (χ4n) is 2.14. The van der Waals surface area contributed by atoms with E-state index >= 15 is 0 Å². The molecule has 0 unspecified atom stereocenters. The van der Waals surface area contributed by atoms with Gasteiger partial charge in [-0.2, -0.15) is 26.3 Å². The molecular weight excluding hydrogens is 356 g/mol. The molecule has 0 amide bonds. The summed E-state index contributed by atoms with van der Waals surface area (Å²) in [5.74, 6) is 0. The lowest BCUT2D eigenvalue weighted by atomic mass is 9.99. The number of nitrogens with two attached hydrogens (primary N) is 1. The second-order valence-electron chi connectivity index (χ2n) is 5.12. The number of halogens is 7. The van der Waals surface area contributed by atoms with Gasteiger partial charge in [0, 0.05) is 6.04 Å². The first-order valence-corrected chi connectivity index (χ1v) is 6.66. The average molecular weight is 370 g/mol. The Bertz CT molecular complexity index is 646. The number of rotatable bonds is 3. The third kappa shape index (κ3) is 5.42. The zero-order valence-electron chi connectivity index (χ0n) is 12.2. The highest BCUT2D eigenvalue weighted by Gasteiger charge is 2.31. The van der Waals surface area contributed by atoms with E-state index in [1.807, 2.05) is 0 Å². The largest absolute Gasteiger partial charge is 0.416 e. The van der Waals surface area contributed by atoms with Crippen LogP contribution in [0.15, 0.2) is 48.5 Å². The van der Waals surface area contributed by atoms with E-state index in [2.05, 4.69) is 0 Å². The monoisotopic (exact) mass is 369 g/mol. The van der Waals surface area contributed by atoms with Gasteiger partial charge in [-0.05, 0) is 28.8 Å². The van der Waals surface area contributed by atoms with Gasteiger partial charge in [-0.25, -0.2) is 0 Å². The van der Waals surface area contributed by atoms with Gasteiger partial charge in [-0.3, -0.25) is 0 Å². The summed E-state index contributed by atoms with van der Waals surface area (Å²) in [6, 6.07) is 9.34. The molecule has 24 heavy (non-hydrogen) atoms. The van der Waals surface area contributed by atoms with Gasteiger partial charge < -0.3 is 5.73 Å². The normalized spacial score (nSPS) is 13.3. The lowest BCUT2D eigenvalue weighted by Gasteiger charge is -2.15. The van der Waals surface area contributed by atoms with Crippen LogP contribution in [0.3, 0.4) is 0 Å². The molecule has 2 aromatic carbocycles. The number of alkyl halides is 6. The third-order valence-corrected chi connectivity index (χ3v) is 3.34. The molecule has 0 bridgehead atoms. The molecule has 1 atom stereocenters. The van der Waals surface area contributed by atoms with Crippen LogP contribution in [0.1, 0.15) is 23.6 Å². The highest BCUT2D eigenvalue weighted by atomic mass is 35.5. The molecule has 0 fully saturated rings. The first-order valence-electron chi connectivity index (χ1n) is 6.66. The summed E-state index contributed by atoms with van der Waals surface area (Å²) in [6.45, 7) is 0. The molecule has 8 heteroatoms. The van der Waals surface area contributed by atoms with Crippen LogP contribution in [0.25, 0.3) is 11.1 Å². The lowest BCUT2D eigenvalue weighted by Crippen LogP contribution is -2.20. The fourth-order valence-corrected chi connectivity index (χ4v) is 2.14. The van der Waals surface area contributed by atoms with E-state index in [1.54, 1.807) is 0 Å². The average Bonchev–Trinajstić information content (AvgIpc) is 2.45. The van der Waals surface area contributed by atoms with Crippen molar-refractivity contribution in [2.75, 3.05) is 0 Å². The Balaban J connectivity index is 0.00000288. The molecule has 2 rings (SSSR count). The van der Waals surface area contributed by atoms with E-state index in [1.165, 1.54) is 36.4 Å². The van der Waals surface area contributed by atoms with Crippen molar-refractivity contribution in [2.24, 2.45) is 5.73 Å². The minimum Gasteiger partial charge on any atom is -0.324 e. The molecule has 0 saturated heterocycles. The summed E-state index contributed by atoms with van der Waals surface area (Å²) in [6.07, 6.45) is -9.90. The molecule has 0 heterocycles. The third-order valence-electron chi connectivity index (χ3n) is 3.34. The van der Waals surface area contributed by atoms with Gasteiger partial charge in [0.15, 0.2) is 0 Å². The summed E-state index contributed by atoms with van der Waals surface area (Å²) in [5, 5.41) is 0. The Morgan fingerprint density at radius 1 is 0.750 bits per heavy atom. The molecular formula is C16H14ClF6N. The Morgan fingerprint density at radius 3 is 1.54 bits per heavy atom. The van der Waals surface area contributed by atoms with Crippen molar-refractivity contribution < 1.29 is 26.3 Å². The van der Waals surface area contributed by atoms with Gasteiger partial charge >= 0.3 is 12.4 Å². The maximum absolute atomic E-state index is 12.5. The summed E-state index contributed by atoms with van der Waals surface area (Å²) >= 11 is 0. The van der Waals surface area contributed by atoms with E-state index in [0.717, 1.165) is 12.1 Å². The Morgan fingerprint density at radius 2 is 1.17 bits per heavy atom. The summed E-state index contributed by atoms with van der Waals surface area (Å²) < 4.78 is 74.4. The topological polar surface area (TPSA) is 26.0 Å². The maximum atomic E-state index is 12.5. The van der Waals surface area contributed by atoms with Crippen molar-refractivity contribution >= 4 is 12.4 Å². The van der Waals surface area contributed by atoms with Crippen molar-refractivity contribution in [1.29, 1.82) is 0 Å². The van der Waals surface area contributed by atoms with Crippen molar-refractivity contribution in [2.45, 2.75) is 24.8 Å². The molecule has 0 spiro atoms. The molecule has 0 radical (unpaired) electrons. The Kier molecular flexibility index (Phi) is 6.30. The van der Waals surface area contributed by atoms with E-state index < -0.39 is 30.4 Å². The van der Waals surface area contributed by atoms with Crippen molar-refractivity contribution in [1.82, 2.24) is 0 Å². The zero-order valence-corrected chi connectivity index (χ0v) is 13.0. The Hall–Kier alpha value is -1.73. The molecule has 1 nitrogen and oxygen atoms in total. The number of hydrogen-bond acceptors (Lipinski definition) is 1. The first kappa shape index (κ1) is 20.3. The molecule has 0 aromatic heterocycles. The molecule has 2 N–H and O–H groups in total. The maximum Gasteiger partial charge on any atom is 0.416 e. The van der Waals surface area contributed by atoms with Gasteiger partial charge in [0.1, 0.15) is 0 Å². The van der Waals surface area contributed by atoms with Crippen LogP contribution in [0.4, 0.5) is 26.3 Å². The van der Waals surface area contributed by atoms with E-state index in [4.69, 9.17) is 5.73 Å².